The van der Waals surface area contributed by atoms with Crippen molar-refractivity contribution >= 4 is 11.8 Å². The van der Waals surface area contributed by atoms with Crippen molar-refractivity contribution in [2.24, 2.45) is 5.16 Å². The zero-order valence-electron chi connectivity index (χ0n) is 20.2. The van der Waals surface area contributed by atoms with Crippen LogP contribution in [0.2, 0.25) is 0 Å². The van der Waals surface area contributed by atoms with Crippen molar-refractivity contribution in [3.8, 4) is 0 Å². The van der Waals surface area contributed by atoms with Crippen LogP contribution in [0.15, 0.2) is 35.5 Å². The standard InChI is InChI=1S/C25H36N4O4/c1-18-28-15-20(29(18)31-16-19-8-6-5-7-9-19)10-11-22(28)21-14-25(33-26-21)12-13-27(17-25)23(30)32-24(2,3)4/h5-9,18,20,22H,10-17H2,1-4H3/t18?,20-,22-,25+/m0/s1. The van der Waals surface area contributed by atoms with Gasteiger partial charge in [0.05, 0.1) is 31.1 Å². The summed E-state index contributed by atoms with van der Waals surface area (Å²) in [7, 11) is 0. The van der Waals surface area contributed by atoms with Gasteiger partial charge in [0.2, 0.25) is 0 Å². The first-order valence-electron chi connectivity index (χ1n) is 12.2. The maximum atomic E-state index is 12.5. The summed E-state index contributed by atoms with van der Waals surface area (Å²) < 4.78 is 5.55. The van der Waals surface area contributed by atoms with Gasteiger partial charge in [0.1, 0.15) is 5.60 Å². The minimum atomic E-state index is -0.496. The number of rotatable bonds is 4. The Morgan fingerprint density at radius 3 is 2.79 bits per heavy atom. The van der Waals surface area contributed by atoms with E-state index in [1.165, 1.54) is 5.56 Å². The highest BCUT2D eigenvalue weighted by Crippen LogP contribution is 2.40. The first kappa shape index (κ1) is 22.6. The molecule has 8 heteroatoms. The number of hydrogen-bond donors (Lipinski definition) is 0. The van der Waals surface area contributed by atoms with Crippen LogP contribution in [0.1, 0.15) is 58.9 Å². The average Bonchev–Trinajstić information content (AvgIpc) is 3.45. The van der Waals surface area contributed by atoms with E-state index in [9.17, 15) is 4.79 Å². The van der Waals surface area contributed by atoms with Crippen LogP contribution in [-0.2, 0) is 21.0 Å². The van der Waals surface area contributed by atoms with Crippen LogP contribution in [-0.4, -0.2) is 75.8 Å². The maximum absolute atomic E-state index is 12.5. The molecular formula is C25H36N4O4. The van der Waals surface area contributed by atoms with Gasteiger partial charge in [0.15, 0.2) is 5.60 Å². The third-order valence-electron chi connectivity index (χ3n) is 7.24. The normalized spacial score (nSPS) is 33.9. The van der Waals surface area contributed by atoms with Gasteiger partial charge in [-0.2, -0.15) is 5.06 Å². The zero-order chi connectivity index (χ0) is 23.2. The van der Waals surface area contributed by atoms with Crippen molar-refractivity contribution in [1.82, 2.24) is 14.9 Å². The minimum Gasteiger partial charge on any atom is -0.444 e. The van der Waals surface area contributed by atoms with E-state index in [4.69, 9.17) is 14.4 Å². The topological polar surface area (TPSA) is 66.8 Å². The highest BCUT2D eigenvalue weighted by molar-refractivity contribution is 5.91. The molecule has 5 atom stereocenters. The fourth-order valence-corrected chi connectivity index (χ4v) is 5.62. The van der Waals surface area contributed by atoms with Crippen LogP contribution < -0.4 is 0 Å². The zero-order valence-corrected chi connectivity index (χ0v) is 20.2. The Morgan fingerprint density at radius 2 is 2.03 bits per heavy atom. The Kier molecular flexibility index (Phi) is 5.87. The summed E-state index contributed by atoms with van der Waals surface area (Å²) in [5.74, 6) is 0. The molecule has 4 aliphatic heterocycles. The fourth-order valence-electron chi connectivity index (χ4n) is 5.62. The SMILES string of the molecule is CC1N2C[C@H](CC[C@H]2C2=NO[C@]3(CCN(C(=O)OC(C)(C)C)C3)C2)N1OCc1ccccc1. The number of benzene rings is 1. The minimum absolute atomic E-state index is 0.187. The molecule has 3 saturated heterocycles. The Hall–Kier alpha value is -2.16. The molecule has 0 saturated carbocycles. The summed E-state index contributed by atoms with van der Waals surface area (Å²) in [6, 6.07) is 11.0. The number of oxime groups is 1. The lowest BCUT2D eigenvalue weighted by molar-refractivity contribution is -0.206. The summed E-state index contributed by atoms with van der Waals surface area (Å²) in [6.45, 7) is 10.6. The smallest absolute Gasteiger partial charge is 0.410 e. The number of likely N-dealkylation sites (tertiary alicyclic amines) is 1. The Labute approximate surface area is 196 Å². The lowest BCUT2D eigenvalue weighted by Crippen LogP contribution is -2.47. The van der Waals surface area contributed by atoms with Crippen LogP contribution in [0.3, 0.4) is 0 Å². The van der Waals surface area contributed by atoms with Gasteiger partial charge in [-0.15, -0.1) is 0 Å². The van der Waals surface area contributed by atoms with Crippen LogP contribution in [0.5, 0.6) is 0 Å². The lowest BCUT2D eigenvalue weighted by atomic mass is 9.89. The van der Waals surface area contributed by atoms with E-state index in [0.29, 0.717) is 25.7 Å². The predicted molar refractivity (Wildman–Crippen MR) is 124 cm³/mol. The van der Waals surface area contributed by atoms with Crippen LogP contribution in [0.25, 0.3) is 0 Å². The molecule has 1 amide bonds. The number of amides is 1. The highest BCUT2D eigenvalue weighted by atomic mass is 16.7. The van der Waals surface area contributed by atoms with E-state index in [0.717, 1.165) is 37.9 Å². The van der Waals surface area contributed by atoms with Gasteiger partial charge in [-0.1, -0.05) is 35.5 Å². The van der Waals surface area contributed by atoms with E-state index >= 15 is 0 Å². The summed E-state index contributed by atoms with van der Waals surface area (Å²) in [5.41, 5.74) is 1.39. The van der Waals surface area contributed by atoms with Gasteiger partial charge in [-0.05, 0) is 46.1 Å². The van der Waals surface area contributed by atoms with E-state index in [1.54, 1.807) is 4.90 Å². The van der Waals surface area contributed by atoms with Crippen LogP contribution in [0, 0.1) is 0 Å². The summed E-state index contributed by atoms with van der Waals surface area (Å²) in [5, 5.41) is 6.75. The predicted octanol–water partition coefficient (Wildman–Crippen LogP) is 3.77. The van der Waals surface area contributed by atoms with Crippen LogP contribution >= 0.6 is 0 Å². The number of carbonyl (C=O) groups is 1. The molecule has 33 heavy (non-hydrogen) atoms. The molecule has 5 rings (SSSR count). The quantitative estimate of drug-likeness (QED) is 0.687. The number of ether oxygens (including phenoxy) is 1. The molecule has 0 aliphatic carbocycles. The van der Waals surface area contributed by atoms with Gasteiger partial charge in [-0.3, -0.25) is 9.74 Å². The number of carbonyl (C=O) groups excluding carboxylic acids is 1. The molecule has 4 aliphatic rings. The second-order valence-corrected chi connectivity index (χ2v) is 10.9. The van der Waals surface area contributed by atoms with Crippen molar-refractivity contribution in [3.05, 3.63) is 35.9 Å². The molecule has 1 aromatic carbocycles. The molecular weight excluding hydrogens is 420 g/mol. The van der Waals surface area contributed by atoms with E-state index in [1.807, 2.05) is 39.0 Å². The Bertz CT molecular complexity index is 901. The molecule has 180 valence electrons. The van der Waals surface area contributed by atoms with Gasteiger partial charge >= 0.3 is 6.09 Å². The molecule has 1 spiro atoms. The molecule has 2 bridgehead atoms. The van der Waals surface area contributed by atoms with Crippen molar-refractivity contribution in [3.63, 3.8) is 0 Å². The Morgan fingerprint density at radius 1 is 1.24 bits per heavy atom. The lowest BCUT2D eigenvalue weighted by Gasteiger charge is -2.33. The molecule has 0 radical (unpaired) electrons. The third-order valence-corrected chi connectivity index (χ3v) is 7.24. The molecule has 8 nitrogen and oxygen atoms in total. The van der Waals surface area contributed by atoms with Crippen molar-refractivity contribution < 1.29 is 19.2 Å². The van der Waals surface area contributed by atoms with E-state index in [2.05, 4.69) is 34.2 Å². The van der Waals surface area contributed by atoms with E-state index in [-0.39, 0.29) is 18.3 Å². The second kappa shape index (κ2) is 8.56. The number of hydrogen-bond acceptors (Lipinski definition) is 7. The molecule has 1 aromatic rings. The Balaban J connectivity index is 1.18. The molecule has 3 fully saturated rings. The van der Waals surface area contributed by atoms with Gasteiger partial charge in [0, 0.05) is 32.0 Å². The molecule has 4 heterocycles. The first-order chi connectivity index (χ1) is 15.7. The maximum Gasteiger partial charge on any atom is 0.410 e. The monoisotopic (exact) mass is 456 g/mol. The fraction of sp³-hybridized carbons (Fsp3) is 0.680. The number of nitrogens with zero attached hydrogens (tertiary/aromatic N) is 4. The van der Waals surface area contributed by atoms with Gasteiger partial charge < -0.3 is 14.5 Å². The molecule has 0 aromatic heterocycles. The second-order valence-electron chi connectivity index (χ2n) is 10.9. The third kappa shape index (κ3) is 4.61. The number of hydroxylamine groups is 2. The van der Waals surface area contributed by atoms with Crippen LogP contribution in [0.4, 0.5) is 4.79 Å². The molecule has 0 N–H and O–H groups in total. The van der Waals surface area contributed by atoms with Gasteiger partial charge in [-0.25, -0.2) is 4.79 Å². The largest absolute Gasteiger partial charge is 0.444 e. The molecule has 2 unspecified atom stereocenters. The number of piperidine rings is 1. The summed E-state index contributed by atoms with van der Waals surface area (Å²) in [4.78, 5) is 29.1. The van der Waals surface area contributed by atoms with Crippen molar-refractivity contribution in [2.75, 3.05) is 19.6 Å². The summed E-state index contributed by atoms with van der Waals surface area (Å²) in [6.07, 6.45) is 3.61. The van der Waals surface area contributed by atoms with Crippen molar-refractivity contribution in [2.45, 2.75) is 89.4 Å². The highest BCUT2D eigenvalue weighted by Gasteiger charge is 2.52. The van der Waals surface area contributed by atoms with Crippen molar-refractivity contribution in [1.29, 1.82) is 0 Å². The van der Waals surface area contributed by atoms with E-state index < -0.39 is 11.2 Å². The number of fused-ring (bicyclic) bond motifs is 2. The average molecular weight is 457 g/mol. The van der Waals surface area contributed by atoms with Gasteiger partial charge in [0.25, 0.3) is 0 Å². The summed E-state index contributed by atoms with van der Waals surface area (Å²) >= 11 is 0. The first-order valence-corrected chi connectivity index (χ1v) is 12.2.